The molecule has 7 heteroatoms. The molecule has 0 aliphatic carbocycles. The minimum absolute atomic E-state index is 0.171. The summed E-state index contributed by atoms with van der Waals surface area (Å²) in [7, 11) is 1.73. The molecule has 0 spiro atoms. The number of rotatable bonds is 2. The molecule has 1 aromatic heterocycles. The molecular weight excluding hydrogens is 302 g/mol. The highest BCUT2D eigenvalue weighted by atomic mass is 19.2. The van der Waals surface area contributed by atoms with Crippen LogP contribution in [0.2, 0.25) is 0 Å². The lowest BCUT2D eigenvalue weighted by Gasteiger charge is -2.24. The van der Waals surface area contributed by atoms with E-state index in [4.69, 9.17) is 0 Å². The summed E-state index contributed by atoms with van der Waals surface area (Å²) in [6.45, 7) is 4.40. The number of hydrogen-bond donors (Lipinski definition) is 0. The van der Waals surface area contributed by atoms with Crippen molar-refractivity contribution in [2.75, 3.05) is 18.5 Å². The Morgan fingerprint density at radius 1 is 1.09 bits per heavy atom. The molecule has 5 nitrogen and oxygen atoms in total. The number of aromatic nitrogens is 2. The lowest BCUT2D eigenvalue weighted by atomic mass is 10.1. The van der Waals surface area contributed by atoms with Gasteiger partial charge < -0.3 is 4.90 Å². The predicted molar refractivity (Wildman–Crippen MR) is 82.0 cm³/mol. The minimum Gasteiger partial charge on any atom is -0.320 e. The number of urea groups is 1. The maximum atomic E-state index is 13.3. The maximum Gasteiger partial charge on any atom is 0.327 e. The van der Waals surface area contributed by atoms with E-state index in [1.807, 2.05) is 13.8 Å². The topological polar surface area (TPSA) is 49.3 Å². The first kappa shape index (κ1) is 15.3. The van der Waals surface area contributed by atoms with Gasteiger partial charge in [-0.25, -0.2) is 23.5 Å². The lowest BCUT2D eigenvalue weighted by Crippen LogP contribution is -2.38. The van der Waals surface area contributed by atoms with E-state index in [1.165, 1.54) is 23.4 Å². The zero-order valence-corrected chi connectivity index (χ0v) is 13.0. The van der Waals surface area contributed by atoms with Crippen LogP contribution in [-0.2, 0) is 0 Å². The molecule has 0 atom stereocenters. The molecule has 0 unspecified atom stereocenters. The highest BCUT2D eigenvalue weighted by Gasteiger charge is 2.42. The van der Waals surface area contributed by atoms with E-state index >= 15 is 0 Å². The van der Waals surface area contributed by atoms with Crippen LogP contribution in [0.15, 0.2) is 30.6 Å². The Morgan fingerprint density at radius 2 is 1.74 bits per heavy atom. The molecule has 1 aliphatic heterocycles. The van der Waals surface area contributed by atoms with Crippen LogP contribution in [0.25, 0.3) is 11.1 Å². The van der Waals surface area contributed by atoms with Gasteiger partial charge in [-0.1, -0.05) is 6.07 Å². The molecule has 0 saturated carbocycles. The van der Waals surface area contributed by atoms with Gasteiger partial charge >= 0.3 is 6.03 Å². The molecule has 2 amide bonds. The van der Waals surface area contributed by atoms with E-state index < -0.39 is 11.6 Å². The van der Waals surface area contributed by atoms with Crippen molar-refractivity contribution in [3.63, 3.8) is 0 Å². The molecule has 1 aliphatic rings. The van der Waals surface area contributed by atoms with Crippen LogP contribution in [0.3, 0.4) is 0 Å². The molecule has 3 rings (SSSR count). The number of likely N-dealkylation sites (N-methyl/N-ethyl adjacent to an activating group) is 1. The number of carbonyl (C=O) groups excluding carboxylic acids is 1. The van der Waals surface area contributed by atoms with Crippen LogP contribution >= 0.6 is 0 Å². The molecule has 0 bridgehead atoms. The molecule has 1 aromatic carbocycles. The SMILES string of the molecule is CN1C(=O)N(c2ncc(-c3ccc(F)c(F)c3)cn2)CC1(C)C. The maximum absolute atomic E-state index is 13.3. The van der Waals surface area contributed by atoms with E-state index in [0.717, 1.165) is 12.1 Å². The summed E-state index contributed by atoms with van der Waals surface area (Å²) >= 11 is 0. The van der Waals surface area contributed by atoms with E-state index in [1.54, 1.807) is 11.9 Å². The second kappa shape index (κ2) is 5.26. The Bertz CT molecular complexity index is 761. The van der Waals surface area contributed by atoms with Crippen molar-refractivity contribution in [3.05, 3.63) is 42.2 Å². The summed E-state index contributed by atoms with van der Waals surface area (Å²) in [6.07, 6.45) is 2.99. The van der Waals surface area contributed by atoms with Crippen LogP contribution in [0.5, 0.6) is 0 Å². The van der Waals surface area contributed by atoms with Gasteiger partial charge in [-0.05, 0) is 31.5 Å². The normalized spacial score (nSPS) is 17.0. The van der Waals surface area contributed by atoms with E-state index in [0.29, 0.717) is 23.6 Å². The molecular formula is C16H16F2N4O. The standard InChI is InChI=1S/C16H16F2N4O/c1-16(2)9-22(15(23)21(16)3)14-19-7-11(8-20-14)10-4-5-12(17)13(18)6-10/h4-8H,9H2,1-3H3. The second-order valence-electron chi connectivity index (χ2n) is 6.14. The van der Waals surface area contributed by atoms with Gasteiger partial charge in [0, 0.05) is 25.0 Å². The van der Waals surface area contributed by atoms with Gasteiger partial charge in [0.25, 0.3) is 0 Å². The summed E-state index contributed by atoms with van der Waals surface area (Å²) < 4.78 is 26.3. The Balaban J connectivity index is 1.88. The van der Waals surface area contributed by atoms with E-state index in [-0.39, 0.29) is 11.6 Å². The molecule has 2 heterocycles. The van der Waals surface area contributed by atoms with Crippen molar-refractivity contribution in [1.82, 2.24) is 14.9 Å². The van der Waals surface area contributed by atoms with Gasteiger partial charge in [-0.3, -0.25) is 4.90 Å². The highest BCUT2D eigenvalue weighted by Crippen LogP contribution is 2.28. The third-order valence-electron chi connectivity index (χ3n) is 4.10. The molecule has 120 valence electrons. The number of amides is 2. The summed E-state index contributed by atoms with van der Waals surface area (Å²) in [4.78, 5) is 23.8. The van der Waals surface area contributed by atoms with Crippen LogP contribution in [0.4, 0.5) is 19.5 Å². The summed E-state index contributed by atoms with van der Waals surface area (Å²) in [5.74, 6) is -1.54. The van der Waals surface area contributed by atoms with Gasteiger partial charge in [0.05, 0.1) is 12.1 Å². The van der Waals surface area contributed by atoms with Gasteiger partial charge in [0.15, 0.2) is 11.6 Å². The zero-order chi connectivity index (χ0) is 16.8. The molecule has 0 radical (unpaired) electrons. The quantitative estimate of drug-likeness (QED) is 0.855. The first-order valence-corrected chi connectivity index (χ1v) is 7.12. The van der Waals surface area contributed by atoms with E-state index in [2.05, 4.69) is 9.97 Å². The Hall–Kier alpha value is -2.57. The largest absolute Gasteiger partial charge is 0.327 e. The predicted octanol–water partition coefficient (Wildman–Crippen LogP) is 3.07. The lowest BCUT2D eigenvalue weighted by molar-refractivity contribution is 0.198. The van der Waals surface area contributed by atoms with Crippen LogP contribution in [0, 0.1) is 11.6 Å². The summed E-state index contributed by atoms with van der Waals surface area (Å²) in [5.41, 5.74) is 0.715. The van der Waals surface area contributed by atoms with Crippen molar-refractivity contribution in [3.8, 4) is 11.1 Å². The summed E-state index contributed by atoms with van der Waals surface area (Å²) in [6, 6.07) is 3.43. The second-order valence-corrected chi connectivity index (χ2v) is 6.14. The number of hydrogen-bond acceptors (Lipinski definition) is 3. The van der Waals surface area contributed by atoms with E-state index in [9.17, 15) is 13.6 Å². The highest BCUT2D eigenvalue weighted by molar-refractivity contribution is 5.93. The molecule has 1 fully saturated rings. The Morgan fingerprint density at radius 3 is 2.26 bits per heavy atom. The molecule has 2 aromatic rings. The number of halogens is 2. The van der Waals surface area contributed by atoms with Gasteiger partial charge in [-0.15, -0.1) is 0 Å². The molecule has 0 N–H and O–H groups in total. The smallest absolute Gasteiger partial charge is 0.320 e. The minimum atomic E-state index is -0.926. The number of nitrogens with zero attached hydrogens (tertiary/aromatic N) is 4. The summed E-state index contributed by atoms with van der Waals surface area (Å²) in [5, 5.41) is 0. The average molecular weight is 318 g/mol. The number of benzene rings is 1. The Kier molecular flexibility index (Phi) is 3.50. The number of carbonyl (C=O) groups is 1. The first-order chi connectivity index (χ1) is 10.8. The van der Waals surface area contributed by atoms with Crippen molar-refractivity contribution in [2.45, 2.75) is 19.4 Å². The monoisotopic (exact) mass is 318 g/mol. The van der Waals surface area contributed by atoms with Crippen molar-refractivity contribution >= 4 is 12.0 Å². The van der Waals surface area contributed by atoms with Crippen molar-refractivity contribution < 1.29 is 13.6 Å². The zero-order valence-electron chi connectivity index (χ0n) is 13.0. The third kappa shape index (κ3) is 2.62. The van der Waals surface area contributed by atoms with Gasteiger partial charge in [0.1, 0.15) is 0 Å². The van der Waals surface area contributed by atoms with Gasteiger partial charge in [0.2, 0.25) is 5.95 Å². The van der Waals surface area contributed by atoms with Gasteiger partial charge in [-0.2, -0.15) is 0 Å². The van der Waals surface area contributed by atoms with Crippen molar-refractivity contribution in [2.24, 2.45) is 0 Å². The van der Waals surface area contributed by atoms with Crippen LogP contribution in [-0.4, -0.2) is 40.0 Å². The first-order valence-electron chi connectivity index (χ1n) is 7.12. The van der Waals surface area contributed by atoms with Crippen LogP contribution < -0.4 is 4.90 Å². The fraction of sp³-hybridized carbons (Fsp3) is 0.312. The Labute approximate surface area is 132 Å². The number of anilines is 1. The van der Waals surface area contributed by atoms with Crippen molar-refractivity contribution in [1.29, 1.82) is 0 Å². The molecule has 23 heavy (non-hydrogen) atoms. The third-order valence-corrected chi connectivity index (χ3v) is 4.10. The van der Waals surface area contributed by atoms with Crippen LogP contribution in [0.1, 0.15) is 13.8 Å². The fourth-order valence-electron chi connectivity index (χ4n) is 2.44. The average Bonchev–Trinajstić information content (AvgIpc) is 2.74. The fourth-order valence-corrected chi connectivity index (χ4v) is 2.44. The molecule has 1 saturated heterocycles.